The summed E-state index contributed by atoms with van der Waals surface area (Å²) in [6.07, 6.45) is 0. The third kappa shape index (κ3) is 4.72. The van der Waals surface area contributed by atoms with Crippen molar-refractivity contribution in [3.8, 4) is 22.3 Å². The van der Waals surface area contributed by atoms with Gasteiger partial charge in [0, 0.05) is 17.1 Å². The lowest BCUT2D eigenvalue weighted by atomic mass is 9.93. The summed E-state index contributed by atoms with van der Waals surface area (Å²) < 4.78 is 0. The van der Waals surface area contributed by atoms with Crippen molar-refractivity contribution >= 4 is 60.2 Å². The van der Waals surface area contributed by atoms with Gasteiger partial charge in [0.25, 0.3) is 0 Å². The number of hydrogen-bond donors (Lipinski definition) is 0. The van der Waals surface area contributed by atoms with E-state index in [1.165, 1.54) is 65.3 Å². The van der Waals surface area contributed by atoms with Crippen LogP contribution in [-0.2, 0) is 0 Å². The Labute approximate surface area is 274 Å². The van der Waals surface area contributed by atoms with Gasteiger partial charge in [-0.3, -0.25) is 0 Å². The smallest absolute Gasteiger partial charge is 0.0467 e. The summed E-state index contributed by atoms with van der Waals surface area (Å²) in [5.41, 5.74) is 8.26. The number of rotatable bonds is 5. The van der Waals surface area contributed by atoms with Crippen molar-refractivity contribution in [2.75, 3.05) is 4.90 Å². The summed E-state index contributed by atoms with van der Waals surface area (Å²) in [6, 6.07) is 68.2. The molecular formula is C46H31N. The zero-order chi connectivity index (χ0) is 31.2. The molecule has 0 radical (unpaired) electrons. The van der Waals surface area contributed by atoms with Gasteiger partial charge in [-0.15, -0.1) is 0 Å². The van der Waals surface area contributed by atoms with Crippen LogP contribution in [0.5, 0.6) is 0 Å². The number of anilines is 3. The van der Waals surface area contributed by atoms with Gasteiger partial charge in [-0.2, -0.15) is 0 Å². The molecule has 0 aliphatic heterocycles. The molecule has 47 heavy (non-hydrogen) atoms. The largest absolute Gasteiger partial charge is 0.310 e. The van der Waals surface area contributed by atoms with Gasteiger partial charge in [0.05, 0.1) is 0 Å². The summed E-state index contributed by atoms with van der Waals surface area (Å²) in [6.45, 7) is 0. The lowest BCUT2D eigenvalue weighted by Crippen LogP contribution is -2.09. The molecule has 0 bridgehead atoms. The minimum absolute atomic E-state index is 1.12. The molecule has 0 aliphatic rings. The molecule has 0 aromatic heterocycles. The van der Waals surface area contributed by atoms with E-state index in [-0.39, 0.29) is 0 Å². The van der Waals surface area contributed by atoms with Crippen LogP contribution in [0.1, 0.15) is 0 Å². The molecule has 0 amide bonds. The maximum atomic E-state index is 2.36. The van der Waals surface area contributed by atoms with E-state index in [1.54, 1.807) is 0 Å². The number of nitrogens with zero attached hydrogens (tertiary/aromatic N) is 1. The zero-order valence-corrected chi connectivity index (χ0v) is 25.8. The van der Waals surface area contributed by atoms with Crippen molar-refractivity contribution in [1.29, 1.82) is 0 Å². The first-order chi connectivity index (χ1) is 23.3. The normalized spacial score (nSPS) is 11.4. The number of hydrogen-bond acceptors (Lipinski definition) is 1. The second-order valence-electron chi connectivity index (χ2n) is 12.1. The first kappa shape index (κ1) is 27.2. The van der Waals surface area contributed by atoms with Crippen LogP contribution in [0.3, 0.4) is 0 Å². The molecule has 1 heteroatoms. The summed E-state index contributed by atoms with van der Waals surface area (Å²) in [5, 5.41) is 10.2. The molecule has 0 unspecified atom stereocenters. The van der Waals surface area contributed by atoms with Gasteiger partial charge in [-0.05, 0) is 114 Å². The molecule has 0 saturated heterocycles. The standard InChI is InChI=1S/C46H31N/c1-2-16-36(17-3-1)47(37-27-25-32(26-28-37)45-30-34-13-4-6-19-39(34)41-21-8-10-23-43(41)45)38-18-12-15-33(29-38)46-31-35-14-5-7-20-40(35)42-22-9-11-24-44(42)46/h1-31H. The minimum atomic E-state index is 1.12. The van der Waals surface area contributed by atoms with E-state index in [2.05, 4.69) is 193 Å². The molecule has 0 atom stereocenters. The predicted molar refractivity (Wildman–Crippen MR) is 202 cm³/mol. The average molecular weight is 598 g/mol. The van der Waals surface area contributed by atoms with Gasteiger partial charge in [0.1, 0.15) is 0 Å². The first-order valence-electron chi connectivity index (χ1n) is 16.2. The summed E-state index contributed by atoms with van der Waals surface area (Å²) >= 11 is 0. The molecule has 0 saturated carbocycles. The van der Waals surface area contributed by atoms with Gasteiger partial charge in [0.15, 0.2) is 0 Å². The number of fused-ring (bicyclic) bond motifs is 6. The SMILES string of the molecule is c1ccc(N(c2ccc(-c3cc4ccccc4c4ccccc34)cc2)c2cccc(-c3cc4ccccc4c4ccccc34)c2)cc1. The van der Waals surface area contributed by atoms with Gasteiger partial charge in [0.2, 0.25) is 0 Å². The van der Waals surface area contributed by atoms with Gasteiger partial charge < -0.3 is 4.90 Å². The van der Waals surface area contributed by atoms with Gasteiger partial charge in [-0.1, -0.05) is 140 Å². The van der Waals surface area contributed by atoms with Crippen LogP contribution >= 0.6 is 0 Å². The van der Waals surface area contributed by atoms with Crippen LogP contribution in [0.25, 0.3) is 65.3 Å². The fraction of sp³-hybridized carbons (Fsp3) is 0. The van der Waals surface area contributed by atoms with Crippen molar-refractivity contribution in [3.05, 3.63) is 188 Å². The molecule has 9 rings (SSSR count). The molecule has 0 N–H and O–H groups in total. The minimum Gasteiger partial charge on any atom is -0.310 e. The number of benzene rings is 9. The van der Waals surface area contributed by atoms with Crippen LogP contribution in [-0.4, -0.2) is 0 Å². The van der Waals surface area contributed by atoms with Gasteiger partial charge >= 0.3 is 0 Å². The molecule has 9 aromatic rings. The number of para-hydroxylation sites is 1. The zero-order valence-electron chi connectivity index (χ0n) is 25.8. The first-order valence-corrected chi connectivity index (χ1v) is 16.2. The molecular weight excluding hydrogens is 567 g/mol. The monoisotopic (exact) mass is 597 g/mol. The Balaban J connectivity index is 1.18. The second-order valence-corrected chi connectivity index (χ2v) is 12.1. The summed E-state index contributed by atoms with van der Waals surface area (Å²) in [7, 11) is 0. The van der Waals surface area contributed by atoms with Crippen LogP contribution in [0.4, 0.5) is 17.1 Å². The van der Waals surface area contributed by atoms with Crippen molar-refractivity contribution in [2.45, 2.75) is 0 Å². The van der Waals surface area contributed by atoms with E-state index in [4.69, 9.17) is 0 Å². The van der Waals surface area contributed by atoms with Crippen LogP contribution in [0.2, 0.25) is 0 Å². The molecule has 0 heterocycles. The van der Waals surface area contributed by atoms with Crippen LogP contribution in [0.15, 0.2) is 188 Å². The highest BCUT2D eigenvalue weighted by Gasteiger charge is 2.16. The Morgan fingerprint density at radius 1 is 0.255 bits per heavy atom. The Kier molecular flexibility index (Phi) is 6.54. The average Bonchev–Trinajstić information content (AvgIpc) is 3.15. The van der Waals surface area contributed by atoms with Crippen molar-refractivity contribution in [2.24, 2.45) is 0 Å². The quantitative estimate of drug-likeness (QED) is 0.178. The van der Waals surface area contributed by atoms with Crippen molar-refractivity contribution < 1.29 is 0 Å². The van der Waals surface area contributed by atoms with E-state index in [0.717, 1.165) is 17.1 Å². The maximum absolute atomic E-state index is 2.36. The Hall–Kier alpha value is -6.18. The van der Waals surface area contributed by atoms with E-state index >= 15 is 0 Å². The van der Waals surface area contributed by atoms with Crippen molar-refractivity contribution in [3.63, 3.8) is 0 Å². The van der Waals surface area contributed by atoms with E-state index in [0.29, 0.717) is 0 Å². The highest BCUT2D eigenvalue weighted by atomic mass is 15.1. The summed E-state index contributed by atoms with van der Waals surface area (Å²) in [5.74, 6) is 0. The molecule has 1 nitrogen and oxygen atoms in total. The molecule has 9 aromatic carbocycles. The van der Waals surface area contributed by atoms with Crippen LogP contribution < -0.4 is 4.90 Å². The Morgan fingerprint density at radius 2 is 0.702 bits per heavy atom. The third-order valence-electron chi connectivity index (χ3n) is 9.40. The second kappa shape index (κ2) is 11.3. The maximum Gasteiger partial charge on any atom is 0.0467 e. The molecule has 0 fully saturated rings. The fourth-order valence-corrected chi connectivity index (χ4v) is 7.21. The Bertz CT molecular complexity index is 2560. The topological polar surface area (TPSA) is 3.24 Å². The molecule has 0 spiro atoms. The highest BCUT2D eigenvalue weighted by Crippen LogP contribution is 2.41. The lowest BCUT2D eigenvalue weighted by Gasteiger charge is -2.26. The lowest BCUT2D eigenvalue weighted by molar-refractivity contribution is 1.28. The molecule has 220 valence electrons. The molecule has 0 aliphatic carbocycles. The van der Waals surface area contributed by atoms with Gasteiger partial charge in [-0.25, -0.2) is 0 Å². The van der Waals surface area contributed by atoms with Crippen LogP contribution in [0, 0.1) is 0 Å². The third-order valence-corrected chi connectivity index (χ3v) is 9.40. The highest BCUT2D eigenvalue weighted by molar-refractivity contribution is 6.15. The van der Waals surface area contributed by atoms with E-state index in [1.807, 2.05) is 0 Å². The fourth-order valence-electron chi connectivity index (χ4n) is 7.21. The van der Waals surface area contributed by atoms with E-state index < -0.39 is 0 Å². The van der Waals surface area contributed by atoms with Crippen molar-refractivity contribution in [1.82, 2.24) is 0 Å². The predicted octanol–water partition coefficient (Wildman–Crippen LogP) is 13.1. The summed E-state index contributed by atoms with van der Waals surface area (Å²) in [4.78, 5) is 2.36. The Morgan fingerprint density at radius 3 is 1.30 bits per heavy atom. The van der Waals surface area contributed by atoms with E-state index in [9.17, 15) is 0 Å².